The fourth-order valence-corrected chi connectivity index (χ4v) is 5.63. The predicted molar refractivity (Wildman–Crippen MR) is 131 cm³/mol. The molecule has 0 aliphatic carbocycles. The Morgan fingerprint density at radius 3 is 2.48 bits per heavy atom. The third-order valence-electron chi connectivity index (χ3n) is 5.51. The molecule has 0 aliphatic rings. The lowest BCUT2D eigenvalue weighted by Gasteiger charge is -2.33. The Labute approximate surface area is 187 Å². The van der Waals surface area contributed by atoms with E-state index in [1.165, 1.54) is 0 Å². The number of rotatable bonds is 10. The van der Waals surface area contributed by atoms with E-state index in [2.05, 4.69) is 44.2 Å². The lowest BCUT2D eigenvalue weighted by atomic mass is 9.94. The lowest BCUT2D eigenvalue weighted by molar-refractivity contribution is 0.112. The average molecular weight is 435 g/mol. The molecule has 3 rings (SSSR count). The van der Waals surface area contributed by atoms with Crippen molar-refractivity contribution in [2.24, 2.45) is 0 Å². The van der Waals surface area contributed by atoms with Gasteiger partial charge in [-0.15, -0.1) is 0 Å². The van der Waals surface area contributed by atoms with E-state index in [1.54, 1.807) is 7.11 Å². The molecule has 0 N–H and O–H groups in total. The molecule has 2 unspecified atom stereocenters. The summed E-state index contributed by atoms with van der Waals surface area (Å²) in [5, 5.41) is 0.913. The van der Waals surface area contributed by atoms with Crippen LogP contribution in [0.3, 0.4) is 0 Å². The Kier molecular flexibility index (Phi) is 7.87. The second-order valence-electron chi connectivity index (χ2n) is 8.05. The zero-order chi connectivity index (χ0) is 22.3. The molecule has 0 saturated heterocycles. The van der Waals surface area contributed by atoms with Gasteiger partial charge in [0.2, 0.25) is 0 Å². The van der Waals surface area contributed by atoms with Crippen LogP contribution in [0, 0.1) is 6.92 Å². The van der Waals surface area contributed by atoms with Gasteiger partial charge in [-0.1, -0.05) is 76.9 Å². The summed E-state index contributed by atoms with van der Waals surface area (Å²) in [6, 6.07) is 22.4. The van der Waals surface area contributed by atoms with E-state index in [1.807, 2.05) is 43.3 Å². The maximum Gasteiger partial charge on any atom is 0.150 e. The number of hydrogen-bond donors (Lipinski definition) is 0. The lowest BCUT2D eigenvalue weighted by Crippen LogP contribution is -2.22. The van der Waals surface area contributed by atoms with E-state index >= 15 is 0 Å². The Morgan fingerprint density at radius 1 is 1.03 bits per heavy atom. The highest BCUT2D eigenvalue weighted by Crippen LogP contribution is 2.49. The zero-order valence-corrected chi connectivity index (χ0v) is 19.8. The molecule has 3 aromatic rings. The minimum Gasteiger partial charge on any atom is -0.497 e. The fourth-order valence-electron chi connectivity index (χ4n) is 3.88. The number of methoxy groups -OCH3 is 1. The van der Waals surface area contributed by atoms with Crippen molar-refractivity contribution >= 4 is 20.2 Å². The van der Waals surface area contributed by atoms with E-state index in [9.17, 15) is 4.79 Å². The average Bonchev–Trinajstić information content (AvgIpc) is 2.79. The molecular formula is C27H31O3P. The smallest absolute Gasteiger partial charge is 0.150 e. The number of hydrogen-bond acceptors (Lipinski definition) is 3. The molecule has 31 heavy (non-hydrogen) atoms. The summed E-state index contributed by atoms with van der Waals surface area (Å²) in [7, 11) is 2.12. The fraction of sp³-hybridized carbons (Fsp3) is 0.296. The molecule has 0 fully saturated rings. The Hall–Kier alpha value is -2.64. The molecule has 0 heterocycles. The highest BCUT2D eigenvalue weighted by molar-refractivity contribution is 7.48. The minimum atomic E-state index is -0.178. The van der Waals surface area contributed by atoms with Crippen LogP contribution in [0.4, 0.5) is 0 Å². The minimum absolute atomic E-state index is 0.178. The zero-order valence-electron chi connectivity index (χ0n) is 18.8. The van der Waals surface area contributed by atoms with Crippen LogP contribution in [-0.2, 0) is 11.8 Å². The maximum absolute atomic E-state index is 11.7. The van der Waals surface area contributed by atoms with Crippen LogP contribution in [0.25, 0.3) is 0 Å². The van der Waals surface area contributed by atoms with Gasteiger partial charge in [-0.25, -0.2) is 0 Å². The number of carbonyl (C=O) groups is 1. The Morgan fingerprint density at radius 2 is 1.81 bits per heavy atom. The molecule has 0 aromatic heterocycles. The summed E-state index contributed by atoms with van der Waals surface area (Å²) in [5.74, 6) is 1.68. The van der Waals surface area contributed by atoms with Gasteiger partial charge in [0.25, 0.3) is 0 Å². The van der Waals surface area contributed by atoms with E-state index in [4.69, 9.17) is 9.47 Å². The molecule has 0 saturated carbocycles. The van der Waals surface area contributed by atoms with Crippen molar-refractivity contribution in [2.45, 2.75) is 45.4 Å². The van der Waals surface area contributed by atoms with Gasteiger partial charge in [0.1, 0.15) is 18.1 Å². The third-order valence-corrected chi connectivity index (χ3v) is 7.31. The standard InChI is InChI=1S/C27H31O3P/c1-5-15-27(3,31-26-14-11-20(2)16-22(26)18-28)24-17-23(29-4)12-13-25(24)30-19-21-9-7-6-8-10-21/h6-14,16-18,31H,5,15,19H2,1-4H3. The van der Waals surface area contributed by atoms with Gasteiger partial charge in [-0.05, 0) is 48.5 Å². The second-order valence-corrected chi connectivity index (χ2v) is 9.94. The Bertz CT molecular complexity index is 1020. The summed E-state index contributed by atoms with van der Waals surface area (Å²) in [5.41, 5.74) is 4.13. The van der Waals surface area contributed by atoms with Crippen LogP contribution in [0.15, 0.2) is 66.7 Å². The van der Waals surface area contributed by atoms with Gasteiger partial charge in [-0.3, -0.25) is 4.79 Å². The van der Waals surface area contributed by atoms with Gasteiger partial charge in [-0.2, -0.15) is 0 Å². The highest BCUT2D eigenvalue weighted by Gasteiger charge is 2.31. The summed E-state index contributed by atoms with van der Waals surface area (Å²) in [6.07, 6.45) is 2.98. The van der Waals surface area contributed by atoms with Crippen molar-refractivity contribution in [1.82, 2.24) is 0 Å². The molecule has 0 bridgehead atoms. The van der Waals surface area contributed by atoms with Crippen molar-refractivity contribution in [3.8, 4) is 11.5 Å². The number of ether oxygens (including phenoxy) is 2. The quantitative estimate of drug-likeness (QED) is 0.273. The second kappa shape index (κ2) is 10.6. The van der Waals surface area contributed by atoms with E-state index in [0.717, 1.165) is 58.2 Å². The van der Waals surface area contributed by atoms with Gasteiger partial charge < -0.3 is 9.47 Å². The maximum atomic E-state index is 11.7. The van der Waals surface area contributed by atoms with Crippen LogP contribution in [0.1, 0.15) is 53.7 Å². The van der Waals surface area contributed by atoms with E-state index in [0.29, 0.717) is 15.2 Å². The molecule has 3 nitrogen and oxygen atoms in total. The van der Waals surface area contributed by atoms with Crippen molar-refractivity contribution in [2.75, 3.05) is 7.11 Å². The van der Waals surface area contributed by atoms with Crippen LogP contribution < -0.4 is 14.8 Å². The highest BCUT2D eigenvalue weighted by atomic mass is 31.1. The molecule has 2 atom stereocenters. The van der Waals surface area contributed by atoms with Crippen LogP contribution in [-0.4, -0.2) is 13.4 Å². The number of aldehydes is 1. The van der Waals surface area contributed by atoms with E-state index < -0.39 is 0 Å². The summed E-state index contributed by atoms with van der Waals surface area (Å²) >= 11 is 0. The molecule has 162 valence electrons. The largest absolute Gasteiger partial charge is 0.497 e. The SMILES string of the molecule is CCCC(C)(Pc1ccc(C)cc1C=O)c1cc(OC)ccc1OCc1ccccc1. The number of benzene rings is 3. The number of aryl methyl sites for hydroxylation is 1. The monoisotopic (exact) mass is 434 g/mol. The van der Waals surface area contributed by atoms with Gasteiger partial charge >= 0.3 is 0 Å². The van der Waals surface area contributed by atoms with Gasteiger partial charge in [0.15, 0.2) is 6.29 Å². The van der Waals surface area contributed by atoms with Crippen molar-refractivity contribution in [3.05, 3.63) is 89.0 Å². The summed E-state index contributed by atoms with van der Waals surface area (Å²) < 4.78 is 11.9. The molecule has 3 aromatic carbocycles. The first-order chi connectivity index (χ1) is 15.0. The van der Waals surface area contributed by atoms with Crippen LogP contribution in [0.2, 0.25) is 0 Å². The summed E-state index contributed by atoms with van der Waals surface area (Å²) in [4.78, 5) is 11.7. The van der Waals surface area contributed by atoms with Gasteiger partial charge in [0, 0.05) is 16.3 Å². The van der Waals surface area contributed by atoms with Crippen molar-refractivity contribution in [3.63, 3.8) is 0 Å². The molecule has 0 aliphatic heterocycles. The molecule has 4 heteroatoms. The first-order valence-electron chi connectivity index (χ1n) is 10.7. The van der Waals surface area contributed by atoms with E-state index in [-0.39, 0.29) is 5.16 Å². The normalized spacial score (nSPS) is 13.2. The van der Waals surface area contributed by atoms with Crippen LogP contribution in [0.5, 0.6) is 11.5 Å². The third kappa shape index (κ3) is 5.74. The summed E-state index contributed by atoms with van der Waals surface area (Å²) in [6.45, 7) is 7.00. The van der Waals surface area contributed by atoms with Gasteiger partial charge in [0.05, 0.1) is 7.11 Å². The molecule has 0 spiro atoms. The predicted octanol–water partition coefficient (Wildman–Crippen LogP) is 6.41. The van der Waals surface area contributed by atoms with Crippen molar-refractivity contribution in [1.29, 1.82) is 0 Å². The first kappa shape index (κ1) is 23.0. The topological polar surface area (TPSA) is 35.5 Å². The Balaban J connectivity index is 2.01. The van der Waals surface area contributed by atoms with Crippen molar-refractivity contribution < 1.29 is 14.3 Å². The molecule has 0 amide bonds. The molecular weight excluding hydrogens is 403 g/mol. The first-order valence-corrected chi connectivity index (χ1v) is 11.7. The number of carbonyl (C=O) groups excluding carboxylic acids is 1. The molecule has 0 radical (unpaired) electrons. The van der Waals surface area contributed by atoms with Crippen LogP contribution >= 0.6 is 8.58 Å².